The van der Waals surface area contributed by atoms with Gasteiger partial charge in [-0.3, -0.25) is 4.79 Å². The van der Waals surface area contributed by atoms with Gasteiger partial charge in [0.05, 0.1) is 5.75 Å². The molecule has 1 nitrogen and oxygen atoms in total. The molecule has 2 unspecified atom stereocenters. The van der Waals surface area contributed by atoms with Crippen LogP contribution in [0.25, 0.3) is 0 Å². The Balaban J connectivity index is 1.79. The number of ketones is 1. The monoisotopic (exact) mass is 198 g/mol. The molecule has 2 aliphatic rings. The van der Waals surface area contributed by atoms with Crippen molar-refractivity contribution in [3.8, 4) is 0 Å². The maximum Gasteiger partial charge on any atom is 0.146 e. The molecule has 0 N–H and O–H groups in total. The number of rotatable bonds is 3. The lowest BCUT2D eigenvalue weighted by atomic mass is 9.73. The fourth-order valence-corrected chi connectivity index (χ4v) is 3.52. The Bertz CT molecular complexity index is 198. The Morgan fingerprint density at radius 3 is 2.77 bits per heavy atom. The third-order valence-corrected chi connectivity index (χ3v) is 4.76. The van der Waals surface area contributed by atoms with E-state index in [1.54, 1.807) is 0 Å². The zero-order valence-corrected chi connectivity index (χ0v) is 9.11. The molecule has 2 rings (SSSR count). The summed E-state index contributed by atoms with van der Waals surface area (Å²) in [5.74, 6) is 4.52. The van der Waals surface area contributed by atoms with Crippen LogP contribution in [0.1, 0.15) is 32.6 Å². The summed E-state index contributed by atoms with van der Waals surface area (Å²) in [6.45, 7) is 2.33. The normalized spacial score (nSPS) is 31.8. The number of Topliss-reactive ketones (excluding diaryl/α,β-unsaturated/α-hetero) is 1. The molecule has 1 aliphatic carbocycles. The van der Waals surface area contributed by atoms with E-state index >= 15 is 0 Å². The van der Waals surface area contributed by atoms with Gasteiger partial charge in [0, 0.05) is 11.7 Å². The van der Waals surface area contributed by atoms with Crippen LogP contribution >= 0.6 is 11.8 Å². The summed E-state index contributed by atoms with van der Waals surface area (Å²) in [7, 11) is 0. The van der Waals surface area contributed by atoms with Crippen molar-refractivity contribution < 1.29 is 4.79 Å². The van der Waals surface area contributed by atoms with Crippen LogP contribution in [0.2, 0.25) is 0 Å². The summed E-state index contributed by atoms with van der Waals surface area (Å²) in [6.07, 6.45) is 5.41. The molecule has 74 valence electrons. The van der Waals surface area contributed by atoms with Crippen molar-refractivity contribution >= 4 is 17.5 Å². The molecule has 0 amide bonds. The number of hydrogen-bond acceptors (Lipinski definition) is 2. The molecule has 2 atom stereocenters. The highest BCUT2D eigenvalue weighted by atomic mass is 32.2. The van der Waals surface area contributed by atoms with Gasteiger partial charge in [0.25, 0.3) is 0 Å². The average molecular weight is 198 g/mol. The van der Waals surface area contributed by atoms with Gasteiger partial charge < -0.3 is 0 Å². The summed E-state index contributed by atoms with van der Waals surface area (Å²) in [6, 6.07) is 0. The number of thioether (sulfide) groups is 1. The molecule has 0 aromatic rings. The smallest absolute Gasteiger partial charge is 0.146 e. The first kappa shape index (κ1) is 9.57. The lowest BCUT2D eigenvalue weighted by Gasteiger charge is -2.32. The van der Waals surface area contributed by atoms with Gasteiger partial charge in [-0.05, 0) is 18.3 Å². The summed E-state index contributed by atoms with van der Waals surface area (Å²) in [5.41, 5.74) is 0. The average Bonchev–Trinajstić information content (AvgIpc) is 2.32. The van der Waals surface area contributed by atoms with Gasteiger partial charge in [0.15, 0.2) is 0 Å². The lowest BCUT2D eigenvalue weighted by molar-refractivity contribution is -0.119. The van der Waals surface area contributed by atoms with E-state index < -0.39 is 0 Å². The van der Waals surface area contributed by atoms with E-state index in [9.17, 15) is 4.79 Å². The minimum atomic E-state index is 0.403. The highest BCUT2D eigenvalue weighted by molar-refractivity contribution is 8.00. The lowest BCUT2D eigenvalue weighted by Crippen LogP contribution is -2.24. The van der Waals surface area contributed by atoms with Crippen LogP contribution in [-0.4, -0.2) is 17.3 Å². The summed E-state index contributed by atoms with van der Waals surface area (Å²) in [4.78, 5) is 11.4. The van der Waals surface area contributed by atoms with Crippen LogP contribution in [0.4, 0.5) is 0 Å². The first-order valence-electron chi connectivity index (χ1n) is 5.38. The van der Waals surface area contributed by atoms with Gasteiger partial charge >= 0.3 is 0 Å². The number of hydrogen-bond donors (Lipinski definition) is 0. The third-order valence-electron chi connectivity index (χ3n) is 3.63. The fourth-order valence-electron chi connectivity index (χ4n) is 2.36. The zero-order valence-electron chi connectivity index (χ0n) is 8.29. The predicted octanol–water partition coefficient (Wildman–Crippen LogP) is 2.74. The van der Waals surface area contributed by atoms with Crippen molar-refractivity contribution in [1.29, 1.82) is 0 Å². The van der Waals surface area contributed by atoms with Crippen molar-refractivity contribution in [2.75, 3.05) is 11.5 Å². The maximum atomic E-state index is 11.4. The Labute approximate surface area is 84.7 Å². The van der Waals surface area contributed by atoms with Crippen LogP contribution in [0.15, 0.2) is 0 Å². The van der Waals surface area contributed by atoms with E-state index in [4.69, 9.17) is 0 Å². The van der Waals surface area contributed by atoms with Crippen LogP contribution < -0.4 is 0 Å². The zero-order chi connectivity index (χ0) is 9.26. The third kappa shape index (κ3) is 2.09. The standard InChI is InChI=1S/C11H18OS/c1-8(9-3-2-4-9)5-10-6-13-7-11(10)12/h8-10H,2-7H2,1H3. The predicted molar refractivity (Wildman–Crippen MR) is 56.9 cm³/mol. The molecule has 0 bridgehead atoms. The van der Waals surface area contributed by atoms with Gasteiger partial charge in [-0.1, -0.05) is 26.2 Å². The molecule has 0 aromatic carbocycles. The molecule has 1 aliphatic heterocycles. The van der Waals surface area contributed by atoms with Crippen molar-refractivity contribution in [3.05, 3.63) is 0 Å². The number of carbonyl (C=O) groups is 1. The number of carbonyl (C=O) groups excluding carboxylic acids is 1. The highest BCUT2D eigenvalue weighted by Crippen LogP contribution is 2.38. The van der Waals surface area contributed by atoms with E-state index in [0.29, 0.717) is 11.7 Å². The molecule has 1 saturated heterocycles. The summed E-state index contributed by atoms with van der Waals surface area (Å²) in [5, 5.41) is 0. The molecule has 13 heavy (non-hydrogen) atoms. The molecule has 0 aromatic heterocycles. The second kappa shape index (κ2) is 4.04. The molecule has 2 fully saturated rings. The Hall–Kier alpha value is 0.0200. The quantitative estimate of drug-likeness (QED) is 0.693. The second-order valence-corrected chi connectivity index (χ2v) is 5.61. The van der Waals surface area contributed by atoms with E-state index in [0.717, 1.165) is 29.8 Å². The van der Waals surface area contributed by atoms with Crippen molar-refractivity contribution in [2.45, 2.75) is 32.6 Å². The minimum Gasteiger partial charge on any atom is -0.298 e. The Morgan fingerprint density at radius 1 is 1.54 bits per heavy atom. The Kier molecular flexibility index (Phi) is 2.97. The topological polar surface area (TPSA) is 17.1 Å². The van der Waals surface area contributed by atoms with Gasteiger partial charge in [-0.15, -0.1) is 0 Å². The molecule has 1 heterocycles. The molecule has 2 heteroatoms. The van der Waals surface area contributed by atoms with Crippen LogP contribution in [0.3, 0.4) is 0 Å². The van der Waals surface area contributed by atoms with Crippen LogP contribution in [0, 0.1) is 17.8 Å². The van der Waals surface area contributed by atoms with Crippen LogP contribution in [-0.2, 0) is 4.79 Å². The largest absolute Gasteiger partial charge is 0.298 e. The van der Waals surface area contributed by atoms with Gasteiger partial charge in [-0.2, -0.15) is 11.8 Å². The molecular formula is C11H18OS. The van der Waals surface area contributed by atoms with Crippen molar-refractivity contribution in [1.82, 2.24) is 0 Å². The van der Waals surface area contributed by atoms with Gasteiger partial charge in [0.1, 0.15) is 5.78 Å². The molecular weight excluding hydrogens is 180 g/mol. The van der Waals surface area contributed by atoms with E-state index in [1.807, 2.05) is 11.8 Å². The fraction of sp³-hybridized carbons (Fsp3) is 0.909. The van der Waals surface area contributed by atoms with E-state index in [2.05, 4.69) is 6.92 Å². The van der Waals surface area contributed by atoms with Gasteiger partial charge in [-0.25, -0.2) is 0 Å². The SMILES string of the molecule is CC(CC1CSCC1=O)C1CCC1. The van der Waals surface area contributed by atoms with Crippen molar-refractivity contribution in [3.63, 3.8) is 0 Å². The summed E-state index contributed by atoms with van der Waals surface area (Å²) < 4.78 is 0. The molecule has 0 radical (unpaired) electrons. The molecule has 1 saturated carbocycles. The second-order valence-electron chi connectivity index (χ2n) is 4.58. The minimum absolute atomic E-state index is 0.403. The maximum absolute atomic E-state index is 11.4. The summed E-state index contributed by atoms with van der Waals surface area (Å²) >= 11 is 1.82. The van der Waals surface area contributed by atoms with E-state index in [1.165, 1.54) is 19.3 Å². The van der Waals surface area contributed by atoms with E-state index in [-0.39, 0.29) is 0 Å². The van der Waals surface area contributed by atoms with Gasteiger partial charge in [0.2, 0.25) is 0 Å². The van der Waals surface area contributed by atoms with Crippen molar-refractivity contribution in [2.24, 2.45) is 17.8 Å². The highest BCUT2D eigenvalue weighted by Gasteiger charge is 2.31. The first-order valence-corrected chi connectivity index (χ1v) is 6.53. The first-order chi connectivity index (χ1) is 6.27. The Morgan fingerprint density at radius 2 is 2.31 bits per heavy atom. The van der Waals surface area contributed by atoms with Crippen LogP contribution in [0.5, 0.6) is 0 Å². The molecule has 0 spiro atoms.